The van der Waals surface area contributed by atoms with E-state index in [4.69, 9.17) is 6.42 Å². The van der Waals surface area contributed by atoms with Gasteiger partial charge in [0, 0.05) is 11.6 Å². The van der Waals surface area contributed by atoms with Crippen LogP contribution in [-0.2, 0) is 5.60 Å². The first-order chi connectivity index (χ1) is 5.95. The molecule has 0 fully saturated rings. The third kappa shape index (κ3) is 2.04. The van der Waals surface area contributed by atoms with Gasteiger partial charge in [-0.25, -0.2) is 8.78 Å². The van der Waals surface area contributed by atoms with Crippen molar-refractivity contribution in [1.82, 2.24) is 0 Å². The number of hydrogen-bond acceptors (Lipinski definition) is 1. The van der Waals surface area contributed by atoms with Crippen molar-refractivity contribution in [3.63, 3.8) is 0 Å². The predicted molar refractivity (Wildman–Crippen MR) is 44.8 cm³/mol. The van der Waals surface area contributed by atoms with Gasteiger partial charge >= 0.3 is 0 Å². The van der Waals surface area contributed by atoms with Crippen LogP contribution in [0.25, 0.3) is 0 Å². The summed E-state index contributed by atoms with van der Waals surface area (Å²) in [6.07, 6.45) is 4.99. The fourth-order valence-electron chi connectivity index (χ4n) is 0.918. The van der Waals surface area contributed by atoms with Gasteiger partial charge in [-0.05, 0) is 19.1 Å². The summed E-state index contributed by atoms with van der Waals surface area (Å²) < 4.78 is 25.3. The molecule has 0 aromatic heterocycles. The molecule has 1 N–H and O–H groups in total. The molecule has 1 nitrogen and oxygen atoms in total. The second-order valence-corrected chi connectivity index (χ2v) is 2.87. The van der Waals surface area contributed by atoms with Crippen molar-refractivity contribution in [1.29, 1.82) is 0 Å². The molecule has 1 aromatic rings. The number of terminal acetylenes is 1. The van der Waals surface area contributed by atoms with Crippen LogP contribution in [0.4, 0.5) is 8.78 Å². The lowest BCUT2D eigenvalue weighted by Gasteiger charge is -2.16. The maximum Gasteiger partial charge on any atom is 0.148 e. The van der Waals surface area contributed by atoms with Gasteiger partial charge in [-0.3, -0.25) is 0 Å². The average molecular weight is 182 g/mol. The Balaban J connectivity index is 3.25. The molecule has 0 spiro atoms. The number of halogens is 2. The normalized spacial score (nSPS) is 14.7. The molecule has 0 heterocycles. The van der Waals surface area contributed by atoms with Crippen molar-refractivity contribution in [2.24, 2.45) is 0 Å². The number of hydrogen-bond donors (Lipinski definition) is 1. The molecule has 1 rings (SSSR count). The van der Waals surface area contributed by atoms with Crippen LogP contribution in [0.5, 0.6) is 0 Å². The van der Waals surface area contributed by atoms with Gasteiger partial charge in [0.1, 0.15) is 17.2 Å². The fraction of sp³-hybridized carbons (Fsp3) is 0.200. The third-order valence-electron chi connectivity index (χ3n) is 1.71. The molecule has 68 valence electrons. The van der Waals surface area contributed by atoms with Crippen molar-refractivity contribution in [3.8, 4) is 12.3 Å². The van der Waals surface area contributed by atoms with E-state index in [0.29, 0.717) is 0 Å². The molecule has 3 heteroatoms. The van der Waals surface area contributed by atoms with Gasteiger partial charge in [-0.2, -0.15) is 0 Å². The first kappa shape index (κ1) is 9.69. The van der Waals surface area contributed by atoms with Crippen molar-refractivity contribution >= 4 is 0 Å². The van der Waals surface area contributed by atoms with Gasteiger partial charge in [0.25, 0.3) is 0 Å². The van der Waals surface area contributed by atoms with Crippen LogP contribution in [0.1, 0.15) is 12.5 Å². The minimum atomic E-state index is -1.64. The van der Waals surface area contributed by atoms with E-state index in [9.17, 15) is 13.9 Å². The van der Waals surface area contributed by atoms with Crippen LogP contribution in [0, 0.1) is 24.0 Å². The molecular weight excluding hydrogens is 174 g/mol. The number of aliphatic hydroxyl groups is 1. The summed E-state index contributed by atoms with van der Waals surface area (Å²) in [5, 5.41) is 9.47. The summed E-state index contributed by atoms with van der Waals surface area (Å²) in [4.78, 5) is 0. The molecule has 0 radical (unpaired) electrons. The Morgan fingerprint density at radius 2 is 1.77 bits per heavy atom. The Morgan fingerprint density at radius 1 is 1.31 bits per heavy atom. The highest BCUT2D eigenvalue weighted by Gasteiger charge is 2.20. The van der Waals surface area contributed by atoms with Crippen molar-refractivity contribution in [2.45, 2.75) is 12.5 Å². The highest BCUT2D eigenvalue weighted by Crippen LogP contribution is 2.21. The lowest BCUT2D eigenvalue weighted by molar-refractivity contribution is 0.121. The zero-order valence-corrected chi connectivity index (χ0v) is 7.01. The van der Waals surface area contributed by atoms with Gasteiger partial charge in [-0.1, -0.05) is 5.92 Å². The molecule has 1 atom stereocenters. The number of benzene rings is 1. The van der Waals surface area contributed by atoms with E-state index in [0.717, 1.165) is 18.2 Å². The molecule has 0 saturated heterocycles. The molecule has 1 aromatic carbocycles. The smallest absolute Gasteiger partial charge is 0.148 e. The van der Waals surface area contributed by atoms with E-state index in [1.165, 1.54) is 6.92 Å². The second-order valence-electron chi connectivity index (χ2n) is 2.87. The zero-order valence-electron chi connectivity index (χ0n) is 7.01. The van der Waals surface area contributed by atoms with Crippen molar-refractivity contribution < 1.29 is 13.9 Å². The largest absolute Gasteiger partial charge is 0.374 e. The Kier molecular flexibility index (Phi) is 2.35. The van der Waals surface area contributed by atoms with Gasteiger partial charge in [0.2, 0.25) is 0 Å². The monoisotopic (exact) mass is 182 g/mol. The van der Waals surface area contributed by atoms with Crippen LogP contribution >= 0.6 is 0 Å². The summed E-state index contributed by atoms with van der Waals surface area (Å²) in [5.74, 6) is 0.517. The SMILES string of the molecule is C#CC(C)(O)c1cc(F)cc(F)c1. The molecule has 13 heavy (non-hydrogen) atoms. The molecule has 0 aliphatic heterocycles. The Hall–Kier alpha value is -1.40. The molecule has 1 unspecified atom stereocenters. The topological polar surface area (TPSA) is 20.2 Å². The molecule has 0 saturated carbocycles. The van der Waals surface area contributed by atoms with Crippen LogP contribution in [0.15, 0.2) is 18.2 Å². The quantitative estimate of drug-likeness (QED) is 0.656. The average Bonchev–Trinajstić information content (AvgIpc) is 2.02. The summed E-state index contributed by atoms with van der Waals surface area (Å²) in [5.41, 5.74) is -1.60. The Bertz CT molecular complexity index is 343. The summed E-state index contributed by atoms with van der Waals surface area (Å²) in [6.45, 7) is 1.29. The standard InChI is InChI=1S/C10H8F2O/c1-3-10(2,13)7-4-8(11)6-9(12)5-7/h1,4-6,13H,2H3. The second kappa shape index (κ2) is 3.15. The molecule has 0 bridgehead atoms. The van der Waals surface area contributed by atoms with E-state index >= 15 is 0 Å². The lowest BCUT2D eigenvalue weighted by atomic mass is 9.97. The highest BCUT2D eigenvalue weighted by molar-refractivity contribution is 5.30. The van der Waals surface area contributed by atoms with Crippen LogP contribution in [0.3, 0.4) is 0 Å². The van der Waals surface area contributed by atoms with Crippen LogP contribution in [0.2, 0.25) is 0 Å². The molecule has 0 aliphatic carbocycles. The molecule has 0 amide bonds. The summed E-state index contributed by atoms with van der Waals surface area (Å²) in [6, 6.07) is 2.72. The zero-order chi connectivity index (χ0) is 10.1. The van der Waals surface area contributed by atoms with Crippen molar-refractivity contribution in [3.05, 3.63) is 35.4 Å². The number of rotatable bonds is 1. The lowest BCUT2D eigenvalue weighted by Crippen LogP contribution is -2.18. The van der Waals surface area contributed by atoms with E-state index in [2.05, 4.69) is 0 Å². The fourth-order valence-corrected chi connectivity index (χ4v) is 0.918. The van der Waals surface area contributed by atoms with E-state index < -0.39 is 17.2 Å². The van der Waals surface area contributed by atoms with Crippen LogP contribution in [-0.4, -0.2) is 5.11 Å². The molecule has 0 aliphatic rings. The maximum absolute atomic E-state index is 12.7. The van der Waals surface area contributed by atoms with E-state index in [-0.39, 0.29) is 5.56 Å². The minimum Gasteiger partial charge on any atom is -0.374 e. The van der Waals surface area contributed by atoms with Gasteiger partial charge in [0.15, 0.2) is 0 Å². The Morgan fingerprint density at radius 3 is 2.15 bits per heavy atom. The van der Waals surface area contributed by atoms with Gasteiger partial charge in [-0.15, -0.1) is 6.42 Å². The maximum atomic E-state index is 12.7. The van der Waals surface area contributed by atoms with E-state index in [1.807, 2.05) is 5.92 Å². The first-order valence-corrected chi connectivity index (χ1v) is 3.62. The summed E-state index contributed by atoms with van der Waals surface area (Å²) in [7, 11) is 0. The Labute approximate surface area is 75.0 Å². The minimum absolute atomic E-state index is 0.0347. The predicted octanol–water partition coefficient (Wildman–Crippen LogP) is 1.81. The van der Waals surface area contributed by atoms with Gasteiger partial charge in [0.05, 0.1) is 0 Å². The van der Waals surface area contributed by atoms with E-state index in [1.54, 1.807) is 0 Å². The first-order valence-electron chi connectivity index (χ1n) is 3.62. The third-order valence-corrected chi connectivity index (χ3v) is 1.71. The van der Waals surface area contributed by atoms with Crippen molar-refractivity contribution in [2.75, 3.05) is 0 Å². The molecular formula is C10H8F2O. The van der Waals surface area contributed by atoms with Crippen LogP contribution < -0.4 is 0 Å². The highest BCUT2D eigenvalue weighted by atomic mass is 19.1. The van der Waals surface area contributed by atoms with Gasteiger partial charge < -0.3 is 5.11 Å². The summed E-state index contributed by atoms with van der Waals surface area (Å²) >= 11 is 0.